The van der Waals surface area contributed by atoms with Crippen LogP contribution in [0.25, 0.3) is 5.69 Å². The van der Waals surface area contributed by atoms with Crippen molar-refractivity contribution < 1.29 is 5.11 Å². The zero-order chi connectivity index (χ0) is 11.7. The van der Waals surface area contributed by atoms with Gasteiger partial charge < -0.3 is 10.8 Å². The number of hydrogen-bond acceptors (Lipinski definition) is 3. The molecule has 0 saturated carbocycles. The number of aromatic hydroxyl groups is 1. The van der Waals surface area contributed by atoms with E-state index in [1.807, 2.05) is 0 Å². The van der Waals surface area contributed by atoms with Gasteiger partial charge in [0.25, 0.3) is 5.56 Å². The Morgan fingerprint density at radius 3 is 2.69 bits per heavy atom. The van der Waals surface area contributed by atoms with Crippen molar-refractivity contribution in [1.82, 2.24) is 9.78 Å². The molecule has 0 amide bonds. The van der Waals surface area contributed by atoms with Gasteiger partial charge in [-0.3, -0.25) is 9.89 Å². The predicted molar refractivity (Wildman–Crippen MR) is 61.0 cm³/mol. The molecule has 0 radical (unpaired) electrons. The molecule has 1 aromatic carbocycles. The largest absolute Gasteiger partial charge is 0.493 e. The lowest BCUT2D eigenvalue weighted by molar-refractivity contribution is 0.428. The van der Waals surface area contributed by atoms with E-state index in [2.05, 4.69) is 5.10 Å². The van der Waals surface area contributed by atoms with E-state index in [4.69, 9.17) is 17.3 Å². The maximum atomic E-state index is 11.4. The molecule has 1 heterocycles. The summed E-state index contributed by atoms with van der Waals surface area (Å²) in [4.78, 5) is 11.4. The predicted octanol–water partition coefficient (Wildman–Crippen LogP) is 0.983. The first-order valence-corrected chi connectivity index (χ1v) is 5.00. The summed E-state index contributed by atoms with van der Waals surface area (Å²) in [6.45, 7) is -0.0291. The molecule has 0 unspecified atom stereocenters. The van der Waals surface area contributed by atoms with Crippen LogP contribution in [0.2, 0.25) is 5.02 Å². The number of rotatable bonds is 2. The third-order valence-electron chi connectivity index (χ3n) is 2.27. The molecule has 0 atom stereocenters. The van der Waals surface area contributed by atoms with Gasteiger partial charge in [-0.25, -0.2) is 4.68 Å². The van der Waals surface area contributed by atoms with Crippen LogP contribution in [-0.2, 0) is 6.54 Å². The summed E-state index contributed by atoms with van der Waals surface area (Å²) in [6.07, 6.45) is 0. The van der Waals surface area contributed by atoms with Crippen LogP contribution in [0.1, 0.15) is 5.56 Å². The third-order valence-corrected chi connectivity index (χ3v) is 2.59. The summed E-state index contributed by atoms with van der Waals surface area (Å²) in [5.74, 6) is -0.208. The van der Waals surface area contributed by atoms with Crippen LogP contribution >= 0.6 is 11.6 Å². The second kappa shape index (κ2) is 4.03. The number of benzene rings is 1. The molecule has 2 rings (SSSR count). The fourth-order valence-electron chi connectivity index (χ4n) is 1.45. The first kappa shape index (κ1) is 10.8. The quantitative estimate of drug-likeness (QED) is 0.731. The molecule has 0 aliphatic carbocycles. The van der Waals surface area contributed by atoms with Gasteiger partial charge in [0.15, 0.2) is 0 Å². The Hall–Kier alpha value is -1.72. The Labute approximate surface area is 96.1 Å². The van der Waals surface area contributed by atoms with Crippen molar-refractivity contribution in [2.24, 2.45) is 5.73 Å². The summed E-state index contributed by atoms with van der Waals surface area (Å²) < 4.78 is 1.22. The number of hydrogen-bond donors (Lipinski definition) is 3. The monoisotopic (exact) mass is 239 g/mol. The van der Waals surface area contributed by atoms with E-state index in [-0.39, 0.29) is 18.0 Å². The van der Waals surface area contributed by atoms with E-state index in [0.29, 0.717) is 10.7 Å². The van der Waals surface area contributed by atoms with E-state index in [1.54, 1.807) is 24.3 Å². The topological polar surface area (TPSA) is 84.0 Å². The van der Waals surface area contributed by atoms with Crippen LogP contribution in [0, 0.1) is 0 Å². The zero-order valence-corrected chi connectivity index (χ0v) is 9.03. The number of nitrogens with one attached hydrogen (secondary N) is 1. The molecule has 0 spiro atoms. The van der Waals surface area contributed by atoms with Crippen molar-refractivity contribution in [3.05, 3.63) is 45.2 Å². The minimum atomic E-state index is -0.417. The van der Waals surface area contributed by atoms with Gasteiger partial charge in [-0.15, -0.1) is 0 Å². The van der Waals surface area contributed by atoms with Gasteiger partial charge >= 0.3 is 0 Å². The fourth-order valence-corrected chi connectivity index (χ4v) is 1.67. The van der Waals surface area contributed by atoms with E-state index in [1.165, 1.54) is 4.68 Å². The average Bonchev–Trinajstić information content (AvgIpc) is 2.55. The van der Waals surface area contributed by atoms with Crippen molar-refractivity contribution in [3.63, 3.8) is 0 Å². The van der Waals surface area contributed by atoms with Crippen molar-refractivity contribution >= 4 is 11.6 Å². The Morgan fingerprint density at radius 1 is 1.44 bits per heavy atom. The summed E-state index contributed by atoms with van der Waals surface area (Å²) in [5.41, 5.74) is 5.58. The van der Waals surface area contributed by atoms with Crippen LogP contribution in [0.3, 0.4) is 0 Å². The van der Waals surface area contributed by atoms with Crippen LogP contribution in [0.4, 0.5) is 0 Å². The van der Waals surface area contributed by atoms with E-state index >= 15 is 0 Å². The normalized spacial score (nSPS) is 10.6. The first-order valence-electron chi connectivity index (χ1n) is 4.63. The molecule has 0 saturated heterocycles. The number of nitrogens with zero attached hydrogens (tertiary/aromatic N) is 1. The van der Waals surface area contributed by atoms with Crippen molar-refractivity contribution in [2.75, 3.05) is 0 Å². The van der Waals surface area contributed by atoms with Crippen LogP contribution in [-0.4, -0.2) is 14.9 Å². The highest BCUT2D eigenvalue weighted by atomic mass is 35.5. The van der Waals surface area contributed by atoms with Crippen LogP contribution < -0.4 is 11.3 Å². The lowest BCUT2D eigenvalue weighted by Crippen LogP contribution is -2.10. The number of aromatic amines is 1. The lowest BCUT2D eigenvalue weighted by Gasteiger charge is -2.05. The number of aromatic nitrogens is 2. The van der Waals surface area contributed by atoms with Gasteiger partial charge in [-0.05, 0) is 12.1 Å². The second-order valence-electron chi connectivity index (χ2n) is 3.23. The maximum Gasteiger partial charge on any atom is 0.272 e. The summed E-state index contributed by atoms with van der Waals surface area (Å²) in [5, 5.41) is 12.7. The minimum Gasteiger partial charge on any atom is -0.493 e. The first-order chi connectivity index (χ1) is 7.65. The minimum absolute atomic E-state index is 0.0291. The number of halogens is 1. The molecular formula is C10H10ClN3O2. The fraction of sp³-hybridized carbons (Fsp3) is 0.100. The smallest absolute Gasteiger partial charge is 0.272 e. The molecule has 84 valence electrons. The van der Waals surface area contributed by atoms with E-state index < -0.39 is 5.56 Å². The average molecular weight is 240 g/mol. The number of para-hydroxylation sites is 1. The molecule has 0 aliphatic rings. The van der Waals surface area contributed by atoms with Gasteiger partial charge in [-0.2, -0.15) is 0 Å². The second-order valence-corrected chi connectivity index (χ2v) is 3.64. The molecular weight excluding hydrogens is 230 g/mol. The zero-order valence-electron chi connectivity index (χ0n) is 8.27. The van der Waals surface area contributed by atoms with E-state index in [9.17, 15) is 9.90 Å². The van der Waals surface area contributed by atoms with Gasteiger partial charge in [0.1, 0.15) is 0 Å². The van der Waals surface area contributed by atoms with Gasteiger partial charge in [0.05, 0.1) is 16.3 Å². The van der Waals surface area contributed by atoms with Crippen LogP contribution in [0.5, 0.6) is 5.88 Å². The molecule has 16 heavy (non-hydrogen) atoms. The molecule has 6 heteroatoms. The third kappa shape index (κ3) is 1.60. The molecule has 0 fully saturated rings. The Kier molecular flexibility index (Phi) is 2.72. The standard InChI is InChI=1S/C10H10ClN3O2/c11-7-3-1-2-4-8(7)14-10(16)6(5-12)9(15)13-14/h1-4,16H,5,12H2,(H,13,15). The highest BCUT2D eigenvalue weighted by molar-refractivity contribution is 6.32. The van der Waals surface area contributed by atoms with Gasteiger partial charge in [-0.1, -0.05) is 23.7 Å². The molecule has 0 bridgehead atoms. The summed E-state index contributed by atoms with van der Waals surface area (Å²) in [6, 6.07) is 6.85. The van der Waals surface area contributed by atoms with Gasteiger partial charge in [0, 0.05) is 6.54 Å². The Balaban J connectivity index is 2.66. The highest BCUT2D eigenvalue weighted by Crippen LogP contribution is 2.23. The molecule has 4 N–H and O–H groups in total. The number of nitrogens with two attached hydrogens (primary N) is 1. The van der Waals surface area contributed by atoms with Crippen molar-refractivity contribution in [2.45, 2.75) is 6.54 Å². The molecule has 0 aliphatic heterocycles. The highest BCUT2D eigenvalue weighted by Gasteiger charge is 2.14. The van der Waals surface area contributed by atoms with Crippen molar-refractivity contribution in [3.8, 4) is 11.6 Å². The summed E-state index contributed by atoms with van der Waals surface area (Å²) >= 11 is 5.95. The Bertz CT molecular complexity index is 574. The van der Waals surface area contributed by atoms with Gasteiger partial charge in [0.2, 0.25) is 5.88 Å². The number of H-pyrrole nitrogens is 1. The molecule has 5 nitrogen and oxygen atoms in total. The van der Waals surface area contributed by atoms with Crippen molar-refractivity contribution in [1.29, 1.82) is 0 Å². The summed E-state index contributed by atoms with van der Waals surface area (Å²) in [7, 11) is 0. The lowest BCUT2D eigenvalue weighted by atomic mass is 10.3. The molecule has 1 aromatic heterocycles. The Morgan fingerprint density at radius 2 is 2.12 bits per heavy atom. The maximum absolute atomic E-state index is 11.4. The van der Waals surface area contributed by atoms with Crippen LogP contribution in [0.15, 0.2) is 29.1 Å². The molecule has 2 aromatic rings. The van der Waals surface area contributed by atoms with E-state index in [0.717, 1.165) is 0 Å². The SMILES string of the molecule is NCc1c(O)n(-c2ccccc2Cl)[nH]c1=O.